The number of anilines is 1. The highest BCUT2D eigenvalue weighted by atomic mass is 32.2. The van der Waals surface area contributed by atoms with E-state index in [2.05, 4.69) is 9.71 Å². The molecule has 1 aliphatic rings. The third-order valence-electron chi connectivity index (χ3n) is 3.52. The van der Waals surface area contributed by atoms with Gasteiger partial charge in [-0.15, -0.1) is 11.3 Å². The van der Waals surface area contributed by atoms with Crippen molar-refractivity contribution in [3.05, 3.63) is 41.4 Å². The number of sulfonamides is 1. The van der Waals surface area contributed by atoms with Gasteiger partial charge in [0.05, 0.1) is 30.2 Å². The van der Waals surface area contributed by atoms with Gasteiger partial charge in [-0.25, -0.2) is 13.4 Å². The second-order valence-corrected chi connectivity index (χ2v) is 7.77. The molecular formula is C15H17N3O4S2. The molecule has 2 aromatic rings. The topological polar surface area (TPSA) is 88.6 Å². The van der Waals surface area contributed by atoms with Crippen LogP contribution in [-0.4, -0.2) is 50.5 Å². The van der Waals surface area contributed by atoms with Crippen LogP contribution in [0.1, 0.15) is 5.69 Å². The first-order valence-corrected chi connectivity index (χ1v) is 9.79. The van der Waals surface area contributed by atoms with Gasteiger partial charge in [-0.05, 0) is 12.1 Å². The molecule has 0 bridgehead atoms. The maximum Gasteiger partial charge on any atom is 0.263 e. The van der Waals surface area contributed by atoms with Gasteiger partial charge in [-0.2, -0.15) is 0 Å². The standard InChI is InChI=1S/C15H17N3O4S2/c19-14(18-6-8-22-9-7-18)10-12-11-23-15(16-12)17-24(20,21)13-4-2-1-3-5-13/h1-5,11H,6-10H2,(H,16,17). The Balaban J connectivity index is 1.64. The summed E-state index contributed by atoms with van der Waals surface area (Å²) in [5, 5.41) is 1.95. The summed E-state index contributed by atoms with van der Waals surface area (Å²) < 4.78 is 32.2. The normalized spacial score (nSPS) is 15.2. The molecule has 1 aromatic carbocycles. The van der Waals surface area contributed by atoms with Crippen molar-refractivity contribution in [3.63, 3.8) is 0 Å². The summed E-state index contributed by atoms with van der Waals surface area (Å²) in [6.45, 7) is 2.25. The number of nitrogens with one attached hydrogen (secondary N) is 1. The predicted octanol–water partition coefficient (Wildman–Crippen LogP) is 1.35. The minimum atomic E-state index is -3.66. The van der Waals surface area contributed by atoms with E-state index in [0.29, 0.717) is 32.0 Å². The zero-order valence-corrected chi connectivity index (χ0v) is 14.5. The Labute approximate surface area is 144 Å². The highest BCUT2D eigenvalue weighted by Crippen LogP contribution is 2.20. The summed E-state index contributed by atoms with van der Waals surface area (Å²) in [5.41, 5.74) is 0.558. The quantitative estimate of drug-likeness (QED) is 0.862. The molecule has 0 unspecified atom stereocenters. The van der Waals surface area contributed by atoms with Crippen LogP contribution in [0.2, 0.25) is 0 Å². The van der Waals surface area contributed by atoms with Crippen LogP contribution in [0.25, 0.3) is 0 Å². The van der Waals surface area contributed by atoms with Gasteiger partial charge in [0.2, 0.25) is 5.91 Å². The molecule has 0 spiro atoms. The van der Waals surface area contributed by atoms with E-state index in [1.807, 2.05) is 0 Å². The van der Waals surface area contributed by atoms with Crippen molar-refractivity contribution in [1.82, 2.24) is 9.88 Å². The lowest BCUT2D eigenvalue weighted by Gasteiger charge is -2.26. The maximum atomic E-state index is 12.2. The number of benzene rings is 1. The minimum Gasteiger partial charge on any atom is -0.378 e. The van der Waals surface area contributed by atoms with Crippen molar-refractivity contribution in [2.45, 2.75) is 11.3 Å². The Hall–Kier alpha value is -1.97. The molecule has 1 aliphatic heterocycles. The molecule has 128 valence electrons. The molecule has 1 saturated heterocycles. The molecule has 1 amide bonds. The van der Waals surface area contributed by atoms with Gasteiger partial charge in [0.25, 0.3) is 10.0 Å². The van der Waals surface area contributed by atoms with E-state index in [9.17, 15) is 13.2 Å². The molecule has 1 fully saturated rings. The van der Waals surface area contributed by atoms with E-state index in [1.54, 1.807) is 28.5 Å². The minimum absolute atomic E-state index is 0.0268. The van der Waals surface area contributed by atoms with Crippen molar-refractivity contribution in [3.8, 4) is 0 Å². The molecule has 0 radical (unpaired) electrons. The fraction of sp³-hybridized carbons (Fsp3) is 0.333. The molecule has 7 nitrogen and oxygen atoms in total. The van der Waals surface area contributed by atoms with Gasteiger partial charge in [0.1, 0.15) is 0 Å². The lowest BCUT2D eigenvalue weighted by atomic mass is 10.3. The Morgan fingerprint density at radius 2 is 1.96 bits per heavy atom. The first-order valence-electron chi connectivity index (χ1n) is 7.42. The van der Waals surface area contributed by atoms with E-state index >= 15 is 0 Å². The molecule has 9 heteroatoms. The summed E-state index contributed by atoms with van der Waals surface area (Å²) in [5.74, 6) is -0.0268. The average molecular weight is 367 g/mol. The number of morpholine rings is 1. The highest BCUT2D eigenvalue weighted by molar-refractivity contribution is 7.93. The summed E-state index contributed by atoms with van der Waals surface area (Å²) in [6, 6.07) is 8.08. The summed E-state index contributed by atoms with van der Waals surface area (Å²) in [6.07, 6.45) is 0.156. The first kappa shape index (κ1) is 16.9. The van der Waals surface area contributed by atoms with Crippen molar-refractivity contribution in [2.24, 2.45) is 0 Å². The molecule has 24 heavy (non-hydrogen) atoms. The smallest absolute Gasteiger partial charge is 0.263 e. The number of carbonyl (C=O) groups is 1. The van der Waals surface area contributed by atoms with Crippen LogP contribution < -0.4 is 4.72 Å². The van der Waals surface area contributed by atoms with Crippen molar-refractivity contribution in [2.75, 3.05) is 31.0 Å². The zero-order chi connectivity index (χ0) is 17.0. The molecule has 2 heterocycles. The fourth-order valence-electron chi connectivity index (χ4n) is 2.29. The van der Waals surface area contributed by atoms with Gasteiger partial charge in [-0.1, -0.05) is 18.2 Å². The number of hydrogen-bond donors (Lipinski definition) is 1. The first-order chi connectivity index (χ1) is 11.5. The summed E-state index contributed by atoms with van der Waals surface area (Å²) in [4.78, 5) is 18.3. The highest BCUT2D eigenvalue weighted by Gasteiger charge is 2.19. The van der Waals surface area contributed by atoms with Crippen molar-refractivity contribution >= 4 is 32.4 Å². The third-order valence-corrected chi connectivity index (χ3v) is 5.81. The Morgan fingerprint density at radius 1 is 1.25 bits per heavy atom. The van der Waals surface area contributed by atoms with Crippen LogP contribution in [0.3, 0.4) is 0 Å². The zero-order valence-electron chi connectivity index (χ0n) is 12.8. The van der Waals surface area contributed by atoms with Crippen LogP contribution >= 0.6 is 11.3 Å². The van der Waals surface area contributed by atoms with Crippen LogP contribution in [-0.2, 0) is 26.0 Å². The number of aromatic nitrogens is 1. The van der Waals surface area contributed by atoms with E-state index in [4.69, 9.17) is 4.74 Å². The number of ether oxygens (including phenoxy) is 1. The van der Waals surface area contributed by atoms with Crippen LogP contribution in [0.5, 0.6) is 0 Å². The lowest BCUT2D eigenvalue weighted by Crippen LogP contribution is -2.41. The maximum absolute atomic E-state index is 12.2. The molecule has 0 aliphatic carbocycles. The number of rotatable bonds is 5. The molecule has 1 aromatic heterocycles. The van der Waals surface area contributed by atoms with E-state index in [1.165, 1.54) is 12.1 Å². The number of thiazole rings is 1. The van der Waals surface area contributed by atoms with Gasteiger partial charge in [0, 0.05) is 18.5 Å². The number of hydrogen-bond acceptors (Lipinski definition) is 6. The Kier molecular flexibility index (Phi) is 5.12. The second kappa shape index (κ2) is 7.29. The van der Waals surface area contributed by atoms with E-state index < -0.39 is 10.0 Å². The largest absolute Gasteiger partial charge is 0.378 e. The van der Waals surface area contributed by atoms with Crippen LogP contribution in [0, 0.1) is 0 Å². The lowest BCUT2D eigenvalue weighted by molar-refractivity contribution is -0.134. The van der Waals surface area contributed by atoms with Crippen molar-refractivity contribution < 1.29 is 17.9 Å². The Morgan fingerprint density at radius 3 is 2.67 bits per heavy atom. The molecule has 3 rings (SSSR count). The summed E-state index contributed by atoms with van der Waals surface area (Å²) in [7, 11) is -3.66. The van der Waals surface area contributed by atoms with Gasteiger partial charge < -0.3 is 9.64 Å². The van der Waals surface area contributed by atoms with E-state index in [0.717, 1.165) is 11.3 Å². The molecular weight excluding hydrogens is 350 g/mol. The Bertz CT molecular complexity index is 799. The van der Waals surface area contributed by atoms with E-state index in [-0.39, 0.29) is 22.4 Å². The van der Waals surface area contributed by atoms with Gasteiger partial charge in [-0.3, -0.25) is 9.52 Å². The SMILES string of the molecule is O=C(Cc1csc(NS(=O)(=O)c2ccccc2)n1)N1CCOCC1. The van der Waals surface area contributed by atoms with Crippen molar-refractivity contribution in [1.29, 1.82) is 0 Å². The molecule has 0 atom stereocenters. The van der Waals surface area contributed by atoms with Crippen LogP contribution in [0.4, 0.5) is 5.13 Å². The van der Waals surface area contributed by atoms with Crippen LogP contribution in [0.15, 0.2) is 40.6 Å². The summed E-state index contributed by atoms with van der Waals surface area (Å²) >= 11 is 1.16. The van der Waals surface area contributed by atoms with Gasteiger partial charge >= 0.3 is 0 Å². The average Bonchev–Trinajstić information content (AvgIpc) is 3.02. The molecule has 1 N–H and O–H groups in total. The number of carbonyl (C=O) groups excluding carboxylic acids is 1. The third kappa shape index (κ3) is 4.11. The van der Waals surface area contributed by atoms with Gasteiger partial charge in [0.15, 0.2) is 5.13 Å². The molecule has 0 saturated carbocycles. The fourth-order valence-corrected chi connectivity index (χ4v) is 4.27. The predicted molar refractivity (Wildman–Crippen MR) is 90.5 cm³/mol. The number of amides is 1. The monoisotopic (exact) mass is 367 g/mol. The second-order valence-electron chi connectivity index (χ2n) is 5.23. The number of nitrogens with zero attached hydrogens (tertiary/aromatic N) is 2.